The molecule has 10 heteroatoms. The van der Waals surface area contributed by atoms with E-state index in [0.717, 1.165) is 9.87 Å². The van der Waals surface area contributed by atoms with Crippen LogP contribution in [0, 0.1) is 0 Å². The largest absolute Gasteiger partial charge is 0.495 e. The number of nitrogens with one attached hydrogen (secondary N) is 1. The maximum absolute atomic E-state index is 12.4. The molecule has 0 saturated carbocycles. The van der Waals surface area contributed by atoms with E-state index in [1.807, 2.05) is 36.4 Å². The average Bonchev–Trinajstić information content (AvgIpc) is 3.31. The molecule has 1 N–H and O–H groups in total. The fourth-order valence-electron chi connectivity index (χ4n) is 3.06. The summed E-state index contributed by atoms with van der Waals surface area (Å²) in [7, 11) is 0.499. The maximum Gasteiger partial charge on any atom is 0.306 e. The van der Waals surface area contributed by atoms with Gasteiger partial charge in [0, 0.05) is 26.1 Å². The fraction of sp³-hybridized carbons (Fsp3) is 0.250. The molecule has 0 bridgehead atoms. The van der Waals surface area contributed by atoms with E-state index in [0.29, 0.717) is 17.9 Å². The van der Waals surface area contributed by atoms with Crippen LogP contribution in [0.1, 0.15) is 12.2 Å². The Kier molecular flexibility index (Phi) is 8.08. The van der Waals surface area contributed by atoms with Gasteiger partial charge >= 0.3 is 5.97 Å². The minimum atomic E-state index is -3.70. The number of anilines is 1. The second-order valence-corrected chi connectivity index (χ2v) is 9.64. The number of aryl methyl sites for hydroxylation is 1. The Labute approximate surface area is 198 Å². The van der Waals surface area contributed by atoms with Gasteiger partial charge in [0.25, 0.3) is 5.91 Å². The molecule has 2 aromatic carbocycles. The molecule has 0 aliphatic rings. The molecule has 9 nitrogen and oxygen atoms in total. The lowest BCUT2D eigenvalue weighted by atomic mass is 10.2. The zero-order valence-electron chi connectivity index (χ0n) is 19.1. The number of hydrogen-bond donors (Lipinski definition) is 1. The second kappa shape index (κ2) is 11.0. The Bertz CT molecular complexity index is 1250. The van der Waals surface area contributed by atoms with Gasteiger partial charge in [-0.15, -0.1) is 0 Å². The van der Waals surface area contributed by atoms with Crippen molar-refractivity contribution in [2.75, 3.05) is 33.1 Å². The summed E-state index contributed by atoms with van der Waals surface area (Å²) >= 11 is 0. The molecule has 180 valence electrons. The highest BCUT2D eigenvalue weighted by Gasteiger charge is 2.20. The van der Waals surface area contributed by atoms with Gasteiger partial charge < -0.3 is 19.2 Å². The number of benzene rings is 2. The summed E-state index contributed by atoms with van der Waals surface area (Å²) in [6, 6.07) is 17.3. The standard InChI is InChI=1S/C24H26N2O7S/c1-26(2)34(29,30)19-11-13-22(31-3)20(15-19)25-23(27)16-32-24(28)14-10-18-9-12-21(33-18)17-7-5-4-6-8-17/h4-9,11-13,15H,10,14,16H2,1-3H3,(H,25,27). The predicted molar refractivity (Wildman–Crippen MR) is 126 cm³/mol. The van der Waals surface area contributed by atoms with Crippen molar-refractivity contribution >= 4 is 27.6 Å². The van der Waals surface area contributed by atoms with E-state index in [9.17, 15) is 18.0 Å². The van der Waals surface area contributed by atoms with Gasteiger partial charge in [-0.2, -0.15) is 0 Å². The molecule has 34 heavy (non-hydrogen) atoms. The minimum Gasteiger partial charge on any atom is -0.495 e. The first kappa shape index (κ1) is 25.0. The monoisotopic (exact) mass is 486 g/mol. The highest BCUT2D eigenvalue weighted by atomic mass is 32.2. The van der Waals surface area contributed by atoms with Gasteiger partial charge in [0.15, 0.2) is 6.61 Å². The van der Waals surface area contributed by atoms with Crippen LogP contribution in [0.5, 0.6) is 5.75 Å². The third-order valence-electron chi connectivity index (χ3n) is 4.88. The van der Waals surface area contributed by atoms with E-state index in [1.165, 1.54) is 39.4 Å². The first-order valence-corrected chi connectivity index (χ1v) is 11.8. The van der Waals surface area contributed by atoms with E-state index in [1.54, 1.807) is 6.07 Å². The Morgan fingerprint density at radius 2 is 1.76 bits per heavy atom. The maximum atomic E-state index is 12.4. The second-order valence-electron chi connectivity index (χ2n) is 7.49. The third-order valence-corrected chi connectivity index (χ3v) is 6.69. The van der Waals surface area contributed by atoms with Crippen molar-refractivity contribution in [2.24, 2.45) is 0 Å². The quantitative estimate of drug-likeness (QED) is 0.437. The zero-order valence-corrected chi connectivity index (χ0v) is 19.9. The average molecular weight is 487 g/mol. The first-order valence-electron chi connectivity index (χ1n) is 10.4. The molecule has 0 spiro atoms. The number of amides is 1. The van der Waals surface area contributed by atoms with Gasteiger partial charge in [-0.3, -0.25) is 9.59 Å². The topological polar surface area (TPSA) is 115 Å². The molecule has 1 amide bonds. The van der Waals surface area contributed by atoms with Crippen LogP contribution in [0.4, 0.5) is 5.69 Å². The predicted octanol–water partition coefficient (Wildman–Crippen LogP) is 3.32. The van der Waals surface area contributed by atoms with Crippen molar-refractivity contribution in [1.29, 1.82) is 0 Å². The van der Waals surface area contributed by atoms with Gasteiger partial charge in [-0.1, -0.05) is 30.3 Å². The van der Waals surface area contributed by atoms with Crippen LogP contribution in [-0.2, 0) is 30.8 Å². The van der Waals surface area contributed by atoms with Gasteiger partial charge in [-0.25, -0.2) is 12.7 Å². The van der Waals surface area contributed by atoms with Gasteiger partial charge in [-0.05, 0) is 30.3 Å². The first-order chi connectivity index (χ1) is 16.2. The minimum absolute atomic E-state index is 0.0149. The number of nitrogens with zero attached hydrogens (tertiary/aromatic N) is 1. The summed E-state index contributed by atoms with van der Waals surface area (Å²) in [6.07, 6.45) is 0.362. The Morgan fingerprint density at radius 3 is 2.44 bits per heavy atom. The summed E-state index contributed by atoms with van der Waals surface area (Å²) < 4.78 is 41.7. The summed E-state index contributed by atoms with van der Waals surface area (Å²) in [4.78, 5) is 24.4. The molecule has 3 aromatic rings. The van der Waals surface area contributed by atoms with Gasteiger partial charge in [0.05, 0.1) is 24.1 Å². The van der Waals surface area contributed by atoms with Crippen molar-refractivity contribution in [3.63, 3.8) is 0 Å². The van der Waals surface area contributed by atoms with Crippen LogP contribution in [0.25, 0.3) is 11.3 Å². The van der Waals surface area contributed by atoms with Crippen molar-refractivity contribution in [2.45, 2.75) is 17.7 Å². The number of furan rings is 1. The molecule has 0 unspecified atom stereocenters. The molecule has 1 aromatic heterocycles. The van der Waals surface area contributed by atoms with Gasteiger partial charge in [0.2, 0.25) is 10.0 Å². The molecular formula is C24H26N2O7S. The number of esters is 1. The number of carbonyl (C=O) groups excluding carboxylic acids is 2. The highest BCUT2D eigenvalue weighted by molar-refractivity contribution is 7.89. The highest BCUT2D eigenvalue weighted by Crippen LogP contribution is 2.28. The lowest BCUT2D eigenvalue weighted by molar-refractivity contribution is -0.147. The van der Waals surface area contributed by atoms with E-state index >= 15 is 0 Å². The molecule has 0 radical (unpaired) electrons. The summed E-state index contributed by atoms with van der Waals surface area (Å²) in [5.74, 6) is 0.406. The SMILES string of the molecule is COc1ccc(S(=O)(=O)N(C)C)cc1NC(=O)COC(=O)CCc1ccc(-c2ccccc2)o1. The molecule has 0 fully saturated rings. The van der Waals surface area contributed by atoms with Crippen molar-refractivity contribution in [3.8, 4) is 17.1 Å². The Hall–Kier alpha value is -3.63. The molecule has 1 heterocycles. The summed E-state index contributed by atoms with van der Waals surface area (Å²) in [5, 5.41) is 2.52. The van der Waals surface area contributed by atoms with Crippen LogP contribution in [-0.4, -0.2) is 52.4 Å². The Balaban J connectivity index is 1.53. The van der Waals surface area contributed by atoms with Gasteiger partial charge in [0.1, 0.15) is 17.3 Å². The van der Waals surface area contributed by atoms with E-state index in [2.05, 4.69) is 5.32 Å². The normalized spacial score (nSPS) is 11.3. The Morgan fingerprint density at radius 1 is 1.03 bits per heavy atom. The van der Waals surface area contributed by atoms with Crippen molar-refractivity contribution in [3.05, 3.63) is 66.4 Å². The third kappa shape index (κ3) is 6.24. The summed E-state index contributed by atoms with van der Waals surface area (Å²) in [6.45, 7) is -0.528. The molecular weight excluding hydrogens is 460 g/mol. The fourth-order valence-corrected chi connectivity index (χ4v) is 3.98. The molecule has 3 rings (SSSR count). The smallest absolute Gasteiger partial charge is 0.306 e. The van der Waals surface area contributed by atoms with Crippen LogP contribution in [0.15, 0.2) is 70.0 Å². The van der Waals surface area contributed by atoms with E-state index in [-0.39, 0.29) is 22.8 Å². The summed E-state index contributed by atoms with van der Waals surface area (Å²) in [5.41, 5.74) is 1.08. The number of carbonyl (C=O) groups is 2. The number of hydrogen-bond acceptors (Lipinski definition) is 7. The van der Waals surface area contributed by atoms with Crippen molar-refractivity contribution in [1.82, 2.24) is 4.31 Å². The zero-order chi connectivity index (χ0) is 24.7. The molecule has 0 aliphatic heterocycles. The van der Waals surface area contributed by atoms with E-state index in [4.69, 9.17) is 13.9 Å². The molecule has 0 atom stereocenters. The van der Waals surface area contributed by atoms with E-state index < -0.39 is 28.5 Å². The number of methoxy groups -OCH3 is 1. The van der Waals surface area contributed by atoms with Crippen molar-refractivity contribution < 1.29 is 31.9 Å². The van der Waals surface area contributed by atoms with Crippen LogP contribution in [0.2, 0.25) is 0 Å². The van der Waals surface area contributed by atoms with Crippen LogP contribution < -0.4 is 10.1 Å². The molecule has 0 aliphatic carbocycles. The lowest BCUT2D eigenvalue weighted by Crippen LogP contribution is -2.23. The number of rotatable bonds is 10. The number of sulfonamides is 1. The van der Waals surface area contributed by atoms with Crippen LogP contribution >= 0.6 is 0 Å². The lowest BCUT2D eigenvalue weighted by Gasteiger charge is -2.15. The van der Waals surface area contributed by atoms with Crippen LogP contribution in [0.3, 0.4) is 0 Å². The molecule has 0 saturated heterocycles. The number of ether oxygens (including phenoxy) is 2.